The molecular formula is C22H14ClF3N4O5S. The number of rotatable bonds is 4. The third-order valence-corrected chi connectivity index (χ3v) is 7.50. The predicted molar refractivity (Wildman–Crippen MR) is 122 cm³/mol. The van der Waals surface area contributed by atoms with E-state index in [-0.39, 0.29) is 46.0 Å². The molecule has 2 aromatic carbocycles. The Kier molecular flexibility index (Phi) is 5.75. The zero-order valence-electron chi connectivity index (χ0n) is 17.9. The molecule has 0 radical (unpaired) electrons. The van der Waals surface area contributed by atoms with Gasteiger partial charge in [-0.3, -0.25) is 13.8 Å². The van der Waals surface area contributed by atoms with Gasteiger partial charge in [-0.1, -0.05) is 28.9 Å². The number of nitrogens with one attached hydrogen (secondary N) is 1. The van der Waals surface area contributed by atoms with Crippen molar-refractivity contribution in [3.63, 3.8) is 0 Å². The predicted octanol–water partition coefficient (Wildman–Crippen LogP) is 4.35. The van der Waals surface area contributed by atoms with Crippen LogP contribution in [0.2, 0.25) is 5.02 Å². The van der Waals surface area contributed by atoms with Gasteiger partial charge in [0.25, 0.3) is 10.0 Å². The van der Waals surface area contributed by atoms with Crippen molar-refractivity contribution in [2.24, 2.45) is 0 Å². The van der Waals surface area contributed by atoms with Crippen LogP contribution in [0.3, 0.4) is 0 Å². The van der Waals surface area contributed by atoms with Crippen molar-refractivity contribution < 1.29 is 30.8 Å². The Morgan fingerprint density at radius 3 is 2.44 bits per heavy atom. The van der Waals surface area contributed by atoms with Gasteiger partial charge in [0.1, 0.15) is 12.3 Å². The molecule has 36 heavy (non-hydrogen) atoms. The van der Waals surface area contributed by atoms with E-state index < -0.39 is 27.5 Å². The molecule has 4 aromatic rings. The van der Waals surface area contributed by atoms with Crippen molar-refractivity contribution in [1.29, 1.82) is 0 Å². The molecule has 1 N–H and O–H groups in total. The molecule has 0 fully saturated rings. The van der Waals surface area contributed by atoms with Crippen molar-refractivity contribution in [2.75, 3.05) is 17.5 Å². The maximum atomic E-state index is 13.4. The zero-order chi connectivity index (χ0) is 25.7. The summed E-state index contributed by atoms with van der Waals surface area (Å²) in [4.78, 5) is 17.7. The van der Waals surface area contributed by atoms with E-state index in [1.165, 1.54) is 42.5 Å². The molecular weight excluding hydrogens is 525 g/mol. The minimum absolute atomic E-state index is 0.00167. The Labute approximate surface area is 206 Å². The summed E-state index contributed by atoms with van der Waals surface area (Å²) in [6.07, 6.45) is -4.47. The molecule has 0 atom stereocenters. The van der Waals surface area contributed by atoms with Crippen molar-refractivity contribution in [2.45, 2.75) is 11.1 Å². The zero-order valence-corrected chi connectivity index (χ0v) is 19.5. The number of fused-ring (bicyclic) bond motifs is 1. The summed E-state index contributed by atoms with van der Waals surface area (Å²) in [6, 6.07) is 11.3. The number of anilines is 1. The molecule has 14 heteroatoms. The van der Waals surface area contributed by atoms with Crippen molar-refractivity contribution in [1.82, 2.24) is 15.1 Å². The molecule has 0 saturated heterocycles. The molecule has 1 aliphatic heterocycles. The standard InChI is InChI=1S/C22H14ClF3N4O5S/c23-16-11-14(5-6-15(16)19-28-21(31)35-29-19)36(32,33)30-9-10-34-20-18(30)8-7-17(27-20)12-1-3-13(4-2-12)22(24,25)26/h1-8,11H,9-10H2,(H,28,29,31). The fourth-order valence-electron chi connectivity index (χ4n) is 3.64. The van der Waals surface area contributed by atoms with E-state index in [9.17, 15) is 26.4 Å². The number of aromatic nitrogens is 3. The lowest BCUT2D eigenvalue weighted by Gasteiger charge is -2.30. The van der Waals surface area contributed by atoms with Crippen molar-refractivity contribution >= 4 is 27.3 Å². The SMILES string of the molecule is O=c1[nH]c(-c2ccc(S(=O)(=O)N3CCOc4nc(-c5ccc(C(F)(F)F)cc5)ccc43)cc2Cl)no1. The summed E-state index contributed by atoms with van der Waals surface area (Å²) in [5, 5.41) is 3.56. The summed E-state index contributed by atoms with van der Waals surface area (Å²) < 4.78 is 76.5. The van der Waals surface area contributed by atoms with E-state index in [1.807, 2.05) is 0 Å². The van der Waals surface area contributed by atoms with Gasteiger partial charge in [0.2, 0.25) is 5.88 Å². The number of hydrogen-bond acceptors (Lipinski definition) is 7. The Bertz CT molecular complexity index is 1620. The second-order valence-corrected chi connectivity index (χ2v) is 9.88. The van der Waals surface area contributed by atoms with Crippen LogP contribution in [0.4, 0.5) is 18.9 Å². The topological polar surface area (TPSA) is 118 Å². The summed E-state index contributed by atoms with van der Waals surface area (Å²) >= 11 is 6.25. The lowest BCUT2D eigenvalue weighted by Crippen LogP contribution is -2.38. The normalized spacial score (nSPS) is 13.8. The first-order chi connectivity index (χ1) is 17.0. The number of sulfonamides is 1. The minimum Gasteiger partial charge on any atom is -0.474 e. The molecule has 0 amide bonds. The van der Waals surface area contributed by atoms with E-state index in [1.54, 1.807) is 0 Å². The van der Waals surface area contributed by atoms with E-state index in [0.717, 1.165) is 16.4 Å². The van der Waals surface area contributed by atoms with E-state index in [0.29, 0.717) is 11.3 Å². The molecule has 1 aliphatic rings. The van der Waals surface area contributed by atoms with E-state index >= 15 is 0 Å². The fourth-order valence-corrected chi connectivity index (χ4v) is 5.45. The monoisotopic (exact) mass is 538 g/mol. The van der Waals surface area contributed by atoms with E-state index in [4.69, 9.17) is 16.3 Å². The number of alkyl halides is 3. The van der Waals surface area contributed by atoms with Gasteiger partial charge in [0.05, 0.1) is 27.7 Å². The van der Waals surface area contributed by atoms with Crippen molar-refractivity contribution in [3.8, 4) is 28.5 Å². The highest BCUT2D eigenvalue weighted by atomic mass is 35.5. The Hall–Kier alpha value is -3.84. The maximum absolute atomic E-state index is 13.4. The Morgan fingerprint density at radius 2 is 1.81 bits per heavy atom. The van der Waals surface area contributed by atoms with Gasteiger partial charge >= 0.3 is 11.9 Å². The molecule has 186 valence electrons. The third kappa shape index (κ3) is 4.31. The number of halogens is 4. The number of ether oxygens (including phenoxy) is 1. The number of aromatic amines is 1. The molecule has 0 spiro atoms. The molecule has 3 heterocycles. The molecule has 0 unspecified atom stereocenters. The summed E-state index contributed by atoms with van der Waals surface area (Å²) in [5.74, 6) is -0.721. The van der Waals surface area contributed by atoms with Gasteiger partial charge < -0.3 is 4.74 Å². The van der Waals surface area contributed by atoms with Crippen LogP contribution in [0, 0.1) is 0 Å². The second kappa shape index (κ2) is 8.68. The Balaban J connectivity index is 1.47. The first kappa shape index (κ1) is 23.9. The van der Waals surface area contributed by atoms with Crippen LogP contribution in [-0.4, -0.2) is 36.7 Å². The lowest BCUT2D eigenvalue weighted by atomic mass is 10.1. The van der Waals surface area contributed by atoms with Crippen LogP contribution in [-0.2, 0) is 16.2 Å². The van der Waals surface area contributed by atoms with Gasteiger partial charge in [-0.25, -0.2) is 18.2 Å². The summed E-state index contributed by atoms with van der Waals surface area (Å²) in [6.45, 7) is -0.00565. The fraction of sp³-hybridized carbons (Fsp3) is 0.136. The molecule has 9 nitrogen and oxygen atoms in total. The van der Waals surface area contributed by atoms with Crippen LogP contribution in [0.5, 0.6) is 5.88 Å². The molecule has 0 saturated carbocycles. The third-order valence-electron chi connectivity index (χ3n) is 5.37. The number of hydrogen-bond donors (Lipinski definition) is 1. The van der Waals surface area contributed by atoms with Crippen LogP contribution >= 0.6 is 11.6 Å². The van der Waals surface area contributed by atoms with E-state index in [2.05, 4.69) is 19.6 Å². The number of benzene rings is 2. The smallest absolute Gasteiger partial charge is 0.439 e. The summed E-state index contributed by atoms with van der Waals surface area (Å²) in [7, 11) is -4.10. The number of nitrogens with zero attached hydrogens (tertiary/aromatic N) is 3. The number of H-pyrrole nitrogens is 1. The average Bonchev–Trinajstić information content (AvgIpc) is 3.28. The summed E-state index contributed by atoms with van der Waals surface area (Å²) in [5.41, 5.74) is 0.361. The highest BCUT2D eigenvalue weighted by Gasteiger charge is 2.32. The first-order valence-electron chi connectivity index (χ1n) is 10.2. The largest absolute Gasteiger partial charge is 0.474 e. The molecule has 5 rings (SSSR count). The van der Waals surface area contributed by atoms with Crippen LogP contribution < -0.4 is 14.8 Å². The van der Waals surface area contributed by atoms with Gasteiger partial charge in [-0.2, -0.15) is 13.2 Å². The first-order valence-corrected chi connectivity index (χ1v) is 12.1. The maximum Gasteiger partial charge on any atom is 0.439 e. The number of pyridine rings is 1. The second-order valence-electron chi connectivity index (χ2n) is 7.61. The van der Waals surface area contributed by atoms with Gasteiger partial charge in [0, 0.05) is 11.1 Å². The molecule has 0 bridgehead atoms. The van der Waals surface area contributed by atoms with Gasteiger partial charge in [-0.15, -0.1) is 0 Å². The minimum atomic E-state index is -4.47. The van der Waals surface area contributed by atoms with Crippen LogP contribution in [0.25, 0.3) is 22.6 Å². The van der Waals surface area contributed by atoms with Crippen molar-refractivity contribution in [3.05, 3.63) is 75.7 Å². The van der Waals surface area contributed by atoms with Gasteiger partial charge in [0.15, 0.2) is 5.82 Å². The Morgan fingerprint density at radius 1 is 1.06 bits per heavy atom. The molecule has 2 aromatic heterocycles. The van der Waals surface area contributed by atoms with Crippen LogP contribution in [0.1, 0.15) is 5.56 Å². The lowest BCUT2D eigenvalue weighted by molar-refractivity contribution is -0.137. The van der Waals surface area contributed by atoms with Crippen LogP contribution in [0.15, 0.2) is 68.8 Å². The quantitative estimate of drug-likeness (QED) is 0.410. The highest BCUT2D eigenvalue weighted by Crippen LogP contribution is 2.38. The van der Waals surface area contributed by atoms with Gasteiger partial charge in [-0.05, 0) is 42.5 Å². The average molecular weight is 539 g/mol. The molecule has 0 aliphatic carbocycles. The highest BCUT2D eigenvalue weighted by molar-refractivity contribution is 7.92.